The highest BCUT2D eigenvalue weighted by Crippen LogP contribution is 1.98. The third-order valence-corrected chi connectivity index (χ3v) is 2.07. The summed E-state index contributed by atoms with van der Waals surface area (Å²) in [6, 6.07) is 0. The number of amides is 1. The second kappa shape index (κ2) is 4.37. The number of carbonyl (C=O) groups excluding carboxylic acids is 1. The molecule has 1 rings (SSSR count). The molecule has 70 valence electrons. The molecule has 1 heterocycles. The quantitative estimate of drug-likeness (QED) is 0.560. The van der Waals surface area contributed by atoms with Gasteiger partial charge in [-0.15, -0.1) is 10.0 Å². The molecule has 1 aliphatic rings. The average molecular weight is 175 g/mol. The normalized spacial score (nSPS) is 19.7. The van der Waals surface area contributed by atoms with Crippen LogP contribution in [0.5, 0.6) is 0 Å². The summed E-state index contributed by atoms with van der Waals surface area (Å²) in [5.74, 6) is -0.161. The molecule has 0 atom stereocenters. The van der Waals surface area contributed by atoms with E-state index in [-0.39, 0.29) is 12.5 Å². The summed E-state index contributed by atoms with van der Waals surface area (Å²) in [7, 11) is 2.01. The molecule has 0 aliphatic carbocycles. The van der Waals surface area contributed by atoms with E-state index < -0.39 is 0 Å². The van der Waals surface area contributed by atoms with E-state index in [9.17, 15) is 9.28 Å². The van der Waals surface area contributed by atoms with E-state index in [0.29, 0.717) is 13.1 Å². The van der Waals surface area contributed by atoms with Crippen LogP contribution in [-0.4, -0.2) is 55.5 Å². The first-order chi connectivity index (χ1) is 5.74. The van der Waals surface area contributed by atoms with Crippen LogP contribution in [-0.2, 0) is 4.79 Å². The number of hydrogen-bond acceptors (Lipinski definition) is 3. The lowest BCUT2D eigenvalue weighted by Gasteiger charge is -2.32. The molecule has 4 nitrogen and oxygen atoms in total. The van der Waals surface area contributed by atoms with Crippen molar-refractivity contribution in [3.63, 3.8) is 0 Å². The van der Waals surface area contributed by atoms with Gasteiger partial charge in [0.1, 0.15) is 6.54 Å². The van der Waals surface area contributed by atoms with Gasteiger partial charge in [0.05, 0.1) is 0 Å². The Morgan fingerprint density at radius 1 is 1.42 bits per heavy atom. The third kappa shape index (κ3) is 2.42. The summed E-state index contributed by atoms with van der Waals surface area (Å²) >= 11 is 0. The number of piperazine rings is 1. The van der Waals surface area contributed by atoms with Crippen LogP contribution in [0.3, 0.4) is 0 Å². The van der Waals surface area contributed by atoms with Gasteiger partial charge in [-0.05, 0) is 7.05 Å². The number of nitrogens with one attached hydrogen (secondary N) is 1. The van der Waals surface area contributed by atoms with Crippen molar-refractivity contribution in [3.05, 3.63) is 0 Å². The molecule has 1 fully saturated rings. The first kappa shape index (κ1) is 9.41. The maximum Gasteiger partial charge on any atom is 0.239 e. The van der Waals surface area contributed by atoms with Crippen LogP contribution in [0.1, 0.15) is 0 Å². The number of carbonyl (C=O) groups is 1. The third-order valence-electron chi connectivity index (χ3n) is 2.07. The smallest absolute Gasteiger partial charge is 0.239 e. The summed E-state index contributed by atoms with van der Waals surface area (Å²) in [6.45, 7) is 2.95. The molecule has 5 heteroatoms. The Morgan fingerprint density at radius 2 is 2.00 bits per heavy atom. The second-order valence-electron chi connectivity index (χ2n) is 2.99. The van der Waals surface area contributed by atoms with E-state index in [0.717, 1.165) is 13.1 Å². The second-order valence-corrected chi connectivity index (χ2v) is 2.99. The summed E-state index contributed by atoms with van der Waals surface area (Å²) in [5.41, 5.74) is 1.37. The number of nitrogens with zero attached hydrogens (tertiary/aromatic N) is 2. The molecule has 1 amide bonds. The van der Waals surface area contributed by atoms with Crippen molar-refractivity contribution in [1.29, 1.82) is 0 Å². The van der Waals surface area contributed by atoms with E-state index >= 15 is 0 Å². The van der Waals surface area contributed by atoms with Gasteiger partial charge in [0, 0.05) is 26.2 Å². The molecule has 0 aromatic carbocycles. The standard InChI is InChI=1S/C7H14FN3O/c1-10-2-4-11(5-3-10)7(12)6-9-8/h9H,2-6H2,1H3. The SMILES string of the molecule is CN1CCN(C(=O)CNF)CC1. The minimum atomic E-state index is -0.205. The van der Waals surface area contributed by atoms with Crippen molar-refractivity contribution in [2.75, 3.05) is 39.8 Å². The molecule has 1 N–H and O–H groups in total. The van der Waals surface area contributed by atoms with Gasteiger partial charge < -0.3 is 9.80 Å². The van der Waals surface area contributed by atoms with Crippen LogP contribution in [0.15, 0.2) is 0 Å². The Bertz CT molecular complexity index is 157. The maximum absolute atomic E-state index is 11.6. The molecular weight excluding hydrogens is 161 g/mol. The lowest BCUT2D eigenvalue weighted by atomic mass is 10.3. The molecule has 0 bridgehead atoms. The van der Waals surface area contributed by atoms with E-state index in [1.54, 1.807) is 4.90 Å². The summed E-state index contributed by atoms with van der Waals surface area (Å²) < 4.78 is 11.6. The topological polar surface area (TPSA) is 35.6 Å². The summed E-state index contributed by atoms with van der Waals surface area (Å²) in [5, 5.41) is 0. The lowest BCUT2D eigenvalue weighted by Crippen LogP contribution is -2.49. The highest BCUT2D eigenvalue weighted by atomic mass is 19.2. The number of likely N-dealkylation sites (N-methyl/N-ethyl adjacent to an activating group) is 1. The van der Waals surface area contributed by atoms with Crippen molar-refractivity contribution in [2.24, 2.45) is 0 Å². The van der Waals surface area contributed by atoms with Crippen molar-refractivity contribution in [3.8, 4) is 0 Å². The van der Waals surface area contributed by atoms with Gasteiger partial charge in [0.2, 0.25) is 5.91 Å². The Kier molecular flexibility index (Phi) is 3.43. The van der Waals surface area contributed by atoms with Crippen LogP contribution < -0.4 is 5.54 Å². The first-order valence-electron chi connectivity index (χ1n) is 4.04. The highest BCUT2D eigenvalue weighted by molar-refractivity contribution is 5.78. The van der Waals surface area contributed by atoms with Gasteiger partial charge in [0.25, 0.3) is 0 Å². The van der Waals surface area contributed by atoms with Crippen LogP contribution in [0.2, 0.25) is 0 Å². The van der Waals surface area contributed by atoms with Gasteiger partial charge >= 0.3 is 0 Å². The Balaban J connectivity index is 2.29. The zero-order chi connectivity index (χ0) is 8.97. The minimum Gasteiger partial charge on any atom is -0.339 e. The summed E-state index contributed by atoms with van der Waals surface area (Å²) in [4.78, 5) is 14.9. The average Bonchev–Trinajstić information content (AvgIpc) is 2.06. The lowest BCUT2D eigenvalue weighted by molar-refractivity contribution is -0.132. The van der Waals surface area contributed by atoms with Crippen LogP contribution in [0, 0.1) is 0 Å². The fourth-order valence-electron chi connectivity index (χ4n) is 1.22. The predicted octanol–water partition coefficient (Wildman–Crippen LogP) is -0.765. The minimum absolute atomic E-state index is 0.161. The van der Waals surface area contributed by atoms with Crippen molar-refractivity contribution < 1.29 is 9.28 Å². The Morgan fingerprint density at radius 3 is 2.50 bits per heavy atom. The summed E-state index contributed by atoms with van der Waals surface area (Å²) in [6.07, 6.45) is 0. The molecule has 0 radical (unpaired) electrons. The van der Waals surface area contributed by atoms with Crippen molar-refractivity contribution in [1.82, 2.24) is 15.3 Å². The van der Waals surface area contributed by atoms with Crippen molar-refractivity contribution >= 4 is 5.91 Å². The first-order valence-corrected chi connectivity index (χ1v) is 4.04. The molecule has 0 saturated carbocycles. The molecule has 0 aromatic rings. The zero-order valence-electron chi connectivity index (χ0n) is 7.22. The van der Waals surface area contributed by atoms with Crippen LogP contribution >= 0.6 is 0 Å². The molecule has 1 aliphatic heterocycles. The Hall–Kier alpha value is -0.680. The molecule has 0 aromatic heterocycles. The van der Waals surface area contributed by atoms with Gasteiger partial charge in [-0.1, -0.05) is 0 Å². The van der Waals surface area contributed by atoms with Gasteiger partial charge in [-0.25, -0.2) is 0 Å². The number of hydrogen-bond donors (Lipinski definition) is 1. The zero-order valence-corrected chi connectivity index (χ0v) is 7.22. The largest absolute Gasteiger partial charge is 0.339 e. The highest BCUT2D eigenvalue weighted by Gasteiger charge is 2.17. The van der Waals surface area contributed by atoms with E-state index in [4.69, 9.17) is 0 Å². The van der Waals surface area contributed by atoms with Crippen LogP contribution in [0.25, 0.3) is 0 Å². The molecule has 1 saturated heterocycles. The predicted molar refractivity (Wildman–Crippen MR) is 43.2 cm³/mol. The van der Waals surface area contributed by atoms with E-state index in [1.165, 1.54) is 5.54 Å². The monoisotopic (exact) mass is 175 g/mol. The van der Waals surface area contributed by atoms with Crippen LogP contribution in [0.4, 0.5) is 4.48 Å². The van der Waals surface area contributed by atoms with Gasteiger partial charge in [-0.3, -0.25) is 4.79 Å². The molecular formula is C7H14FN3O. The van der Waals surface area contributed by atoms with E-state index in [2.05, 4.69) is 4.90 Å². The molecule has 12 heavy (non-hydrogen) atoms. The molecule has 0 spiro atoms. The van der Waals surface area contributed by atoms with Gasteiger partial charge in [-0.2, -0.15) is 0 Å². The fourth-order valence-corrected chi connectivity index (χ4v) is 1.22. The fraction of sp³-hybridized carbons (Fsp3) is 0.857. The number of halogens is 1. The maximum atomic E-state index is 11.6. The van der Waals surface area contributed by atoms with Gasteiger partial charge in [0.15, 0.2) is 0 Å². The Labute approximate surface area is 71.3 Å². The number of rotatable bonds is 2. The molecule has 0 unspecified atom stereocenters. The van der Waals surface area contributed by atoms with Crippen molar-refractivity contribution in [2.45, 2.75) is 0 Å². The van der Waals surface area contributed by atoms with E-state index in [1.807, 2.05) is 7.05 Å².